The summed E-state index contributed by atoms with van der Waals surface area (Å²) in [6.45, 7) is 8.17. The third kappa shape index (κ3) is 2.79. The van der Waals surface area contributed by atoms with Crippen LogP contribution in [0.5, 0.6) is 0 Å². The van der Waals surface area contributed by atoms with Crippen LogP contribution in [0.4, 0.5) is 0 Å². The second-order valence-electron chi connectivity index (χ2n) is 10.6. The van der Waals surface area contributed by atoms with Gasteiger partial charge in [0.05, 0.1) is 6.07 Å². The topological polar surface area (TPSA) is 82.0 Å². The van der Waals surface area contributed by atoms with Gasteiger partial charge in [-0.2, -0.15) is 5.26 Å². The second kappa shape index (κ2) is 6.34. The summed E-state index contributed by atoms with van der Waals surface area (Å²) in [5.74, 6) is 1.83. The molecule has 0 saturated heterocycles. The Morgan fingerprint density at radius 3 is 2.68 bits per heavy atom. The van der Waals surface area contributed by atoms with Crippen molar-refractivity contribution in [2.75, 3.05) is 0 Å². The number of nitrogens with one attached hydrogen (secondary N) is 2. The minimum atomic E-state index is -0.820. The highest BCUT2D eigenvalue weighted by Gasteiger charge is 2.61. The van der Waals surface area contributed by atoms with Gasteiger partial charge in [-0.25, -0.2) is 0 Å². The van der Waals surface area contributed by atoms with Gasteiger partial charge in [-0.05, 0) is 81.6 Å². The summed E-state index contributed by atoms with van der Waals surface area (Å²) >= 11 is 0. The molecule has 152 valence electrons. The van der Waals surface area contributed by atoms with Crippen molar-refractivity contribution in [1.82, 2.24) is 10.6 Å². The fraction of sp³-hybridized carbons (Fsp3) is 0.783. The Bertz CT molecular complexity index is 766. The fourth-order valence-electron chi connectivity index (χ4n) is 7.19. The number of nitrogens with zero attached hydrogens (tertiary/aromatic N) is 1. The van der Waals surface area contributed by atoms with Gasteiger partial charge in [0, 0.05) is 17.4 Å². The van der Waals surface area contributed by atoms with Crippen molar-refractivity contribution in [2.24, 2.45) is 34.5 Å². The molecule has 1 heterocycles. The molecule has 5 nitrogen and oxygen atoms in total. The maximum absolute atomic E-state index is 13.0. The quantitative estimate of drug-likeness (QED) is 0.767. The molecule has 2 amide bonds. The number of carbonyl (C=O) groups is 2. The van der Waals surface area contributed by atoms with Crippen LogP contribution in [-0.2, 0) is 9.59 Å². The average Bonchev–Trinajstić information content (AvgIpc) is 2.99. The lowest BCUT2D eigenvalue weighted by Gasteiger charge is -2.58. The minimum Gasteiger partial charge on any atom is -0.349 e. The molecule has 0 aromatic carbocycles. The molecule has 5 heteroatoms. The van der Waals surface area contributed by atoms with Gasteiger partial charge >= 0.3 is 0 Å². The van der Waals surface area contributed by atoms with Gasteiger partial charge in [0.15, 0.2) is 0 Å². The number of carbonyl (C=O) groups excluding carboxylic acids is 2. The van der Waals surface area contributed by atoms with E-state index in [0.717, 1.165) is 38.5 Å². The van der Waals surface area contributed by atoms with Crippen molar-refractivity contribution >= 4 is 11.8 Å². The number of hydrogen-bond acceptors (Lipinski definition) is 3. The molecule has 1 aliphatic heterocycles. The number of nitriles is 1. The van der Waals surface area contributed by atoms with Crippen molar-refractivity contribution < 1.29 is 9.59 Å². The second-order valence-corrected chi connectivity index (χ2v) is 10.6. The van der Waals surface area contributed by atoms with Gasteiger partial charge in [0.1, 0.15) is 5.54 Å². The van der Waals surface area contributed by atoms with Crippen LogP contribution in [0.1, 0.15) is 66.2 Å². The zero-order valence-electron chi connectivity index (χ0n) is 17.5. The van der Waals surface area contributed by atoms with Gasteiger partial charge in [-0.15, -0.1) is 0 Å². The van der Waals surface area contributed by atoms with Crippen molar-refractivity contribution in [3.8, 4) is 6.07 Å². The summed E-state index contributed by atoms with van der Waals surface area (Å²) in [6, 6.07) is 2.43. The zero-order chi connectivity index (χ0) is 20.3. The first-order valence-corrected chi connectivity index (χ1v) is 10.8. The molecule has 3 aliphatic carbocycles. The van der Waals surface area contributed by atoms with E-state index in [1.54, 1.807) is 19.9 Å². The highest BCUT2D eigenvalue weighted by molar-refractivity contribution is 5.89. The van der Waals surface area contributed by atoms with Gasteiger partial charge in [-0.1, -0.05) is 19.9 Å². The molecule has 0 aromatic rings. The summed E-state index contributed by atoms with van der Waals surface area (Å²) < 4.78 is 0. The molecule has 0 radical (unpaired) electrons. The van der Waals surface area contributed by atoms with E-state index in [9.17, 15) is 14.9 Å². The monoisotopic (exact) mass is 383 g/mol. The molecular formula is C23H33N3O2. The van der Waals surface area contributed by atoms with E-state index in [0.29, 0.717) is 17.8 Å². The summed E-state index contributed by atoms with van der Waals surface area (Å²) in [5.41, 5.74) is -0.776. The van der Waals surface area contributed by atoms with E-state index in [4.69, 9.17) is 0 Å². The zero-order valence-corrected chi connectivity index (χ0v) is 17.5. The number of rotatable bonds is 2. The number of amides is 2. The molecule has 28 heavy (non-hydrogen) atoms. The van der Waals surface area contributed by atoms with E-state index in [1.165, 1.54) is 0 Å². The first-order chi connectivity index (χ1) is 13.1. The maximum atomic E-state index is 13.0. The van der Waals surface area contributed by atoms with Gasteiger partial charge in [0.25, 0.3) is 0 Å². The van der Waals surface area contributed by atoms with Crippen LogP contribution in [0.2, 0.25) is 0 Å². The molecule has 3 saturated carbocycles. The van der Waals surface area contributed by atoms with Crippen molar-refractivity contribution in [2.45, 2.75) is 77.8 Å². The van der Waals surface area contributed by atoms with Crippen LogP contribution < -0.4 is 10.6 Å². The van der Waals surface area contributed by atoms with Crippen LogP contribution in [0.15, 0.2) is 12.2 Å². The lowest BCUT2D eigenvalue weighted by Crippen LogP contribution is -2.59. The summed E-state index contributed by atoms with van der Waals surface area (Å²) in [6.07, 6.45) is 10.2. The molecule has 4 aliphatic rings. The summed E-state index contributed by atoms with van der Waals surface area (Å²) in [4.78, 5) is 24.9. The lowest BCUT2D eigenvalue weighted by molar-refractivity contribution is -0.135. The van der Waals surface area contributed by atoms with Crippen molar-refractivity contribution in [3.05, 3.63) is 12.2 Å². The highest BCUT2D eigenvalue weighted by Crippen LogP contribution is 2.65. The SMILES string of the molecule is CC(C)(C#N)NC(=O)[C@H]1CC[C@H]2[C@@H]3CC[C@H]4NC(=O)C=C[C@]4(C)[C@H]3CC[C@]12C. The smallest absolute Gasteiger partial charge is 0.243 e. The average molecular weight is 384 g/mol. The Kier molecular flexibility index (Phi) is 4.41. The lowest BCUT2D eigenvalue weighted by atomic mass is 9.48. The molecule has 7 atom stereocenters. The van der Waals surface area contributed by atoms with Gasteiger partial charge in [0.2, 0.25) is 11.8 Å². The van der Waals surface area contributed by atoms with E-state index >= 15 is 0 Å². The van der Waals surface area contributed by atoms with E-state index in [2.05, 4.69) is 36.6 Å². The Morgan fingerprint density at radius 2 is 1.96 bits per heavy atom. The third-order valence-corrected chi connectivity index (χ3v) is 8.72. The van der Waals surface area contributed by atoms with Crippen LogP contribution in [0.3, 0.4) is 0 Å². The summed E-state index contributed by atoms with van der Waals surface area (Å²) in [7, 11) is 0. The Hall–Kier alpha value is -1.83. The van der Waals surface area contributed by atoms with E-state index in [1.807, 2.05) is 0 Å². The maximum Gasteiger partial charge on any atom is 0.243 e. The van der Waals surface area contributed by atoms with Crippen LogP contribution in [0, 0.1) is 45.8 Å². The van der Waals surface area contributed by atoms with Gasteiger partial charge in [-0.3, -0.25) is 9.59 Å². The Balaban J connectivity index is 1.57. The highest BCUT2D eigenvalue weighted by atomic mass is 16.2. The third-order valence-electron chi connectivity index (χ3n) is 8.72. The normalized spacial score (nSPS) is 44.5. The van der Waals surface area contributed by atoms with Crippen molar-refractivity contribution in [1.29, 1.82) is 5.26 Å². The number of fused-ring (bicyclic) bond motifs is 5. The van der Waals surface area contributed by atoms with Crippen LogP contribution in [0.25, 0.3) is 0 Å². The van der Waals surface area contributed by atoms with Crippen LogP contribution >= 0.6 is 0 Å². The Labute approximate surface area is 168 Å². The first kappa shape index (κ1) is 19.5. The van der Waals surface area contributed by atoms with E-state index in [-0.39, 0.29) is 34.6 Å². The molecule has 2 N–H and O–H groups in total. The first-order valence-electron chi connectivity index (χ1n) is 10.8. The molecule has 0 unspecified atom stereocenters. The Morgan fingerprint density at radius 1 is 1.21 bits per heavy atom. The van der Waals surface area contributed by atoms with Crippen LogP contribution in [-0.4, -0.2) is 23.4 Å². The molecule has 0 spiro atoms. The summed E-state index contributed by atoms with van der Waals surface area (Å²) in [5, 5.41) is 15.5. The predicted octanol–water partition coefficient (Wildman–Crippen LogP) is 3.32. The van der Waals surface area contributed by atoms with Crippen molar-refractivity contribution in [3.63, 3.8) is 0 Å². The van der Waals surface area contributed by atoms with E-state index < -0.39 is 5.54 Å². The largest absolute Gasteiger partial charge is 0.349 e. The standard InChI is InChI=1S/C23H33N3O2/c1-21(2,13-24)26-20(28)17-7-6-15-14-5-8-18-23(4,12-10-19(27)25-18)16(14)9-11-22(15,17)3/h10,12,14-18H,5-9,11H2,1-4H3,(H,25,27)(H,26,28)/t14-,15-,16-,17+,18+,22-,23+/m0/s1. The minimum absolute atomic E-state index is 0.00166. The predicted molar refractivity (Wildman–Crippen MR) is 107 cm³/mol. The molecule has 0 aromatic heterocycles. The number of hydrogen-bond donors (Lipinski definition) is 2. The molecule has 4 rings (SSSR count). The molecule has 3 fully saturated rings. The molecular weight excluding hydrogens is 350 g/mol. The molecule has 0 bridgehead atoms. The fourth-order valence-corrected chi connectivity index (χ4v) is 7.19. The van der Waals surface area contributed by atoms with Gasteiger partial charge < -0.3 is 10.6 Å².